The molecule has 3 aromatic rings. The first kappa shape index (κ1) is 17.5. The first-order chi connectivity index (χ1) is 13.3. The number of hydrogen-bond acceptors (Lipinski definition) is 5. The number of fused-ring (bicyclic) bond motifs is 1. The molecule has 1 aliphatic rings. The molecule has 0 amide bonds. The van der Waals surface area contributed by atoms with Gasteiger partial charge in [0.05, 0.1) is 6.54 Å². The Hall–Kier alpha value is -2.86. The Balaban J connectivity index is 1.48. The van der Waals surface area contributed by atoms with Crippen molar-refractivity contribution in [3.8, 4) is 22.9 Å². The van der Waals surface area contributed by atoms with Gasteiger partial charge in [0.25, 0.3) is 0 Å². The Morgan fingerprint density at radius 2 is 1.81 bits per heavy atom. The third kappa shape index (κ3) is 3.66. The monoisotopic (exact) mass is 364 g/mol. The van der Waals surface area contributed by atoms with Crippen molar-refractivity contribution in [3.05, 3.63) is 59.9 Å². The maximum Gasteiger partial charge on any atom is 0.163 e. The van der Waals surface area contributed by atoms with Crippen LogP contribution in [0.2, 0.25) is 0 Å². The molecule has 0 saturated carbocycles. The summed E-state index contributed by atoms with van der Waals surface area (Å²) in [5, 5.41) is 12.3. The number of rotatable bonds is 6. The molecule has 0 fully saturated rings. The minimum Gasteiger partial charge on any atom is -0.486 e. The van der Waals surface area contributed by atoms with Crippen molar-refractivity contribution in [2.75, 3.05) is 13.2 Å². The van der Waals surface area contributed by atoms with Crippen molar-refractivity contribution in [2.24, 2.45) is 7.05 Å². The lowest BCUT2D eigenvalue weighted by atomic mass is 10.0. The predicted molar refractivity (Wildman–Crippen MR) is 104 cm³/mol. The van der Waals surface area contributed by atoms with E-state index in [0.717, 1.165) is 35.1 Å². The van der Waals surface area contributed by atoms with Crippen LogP contribution in [0.25, 0.3) is 11.4 Å². The quantitative estimate of drug-likeness (QED) is 0.725. The maximum absolute atomic E-state index is 5.71. The molecule has 1 aromatic heterocycles. The Morgan fingerprint density at radius 3 is 2.59 bits per heavy atom. The topological polar surface area (TPSA) is 61.2 Å². The first-order valence-corrected chi connectivity index (χ1v) is 9.33. The lowest BCUT2D eigenvalue weighted by molar-refractivity contribution is 0.171. The van der Waals surface area contributed by atoms with Crippen molar-refractivity contribution in [1.29, 1.82) is 0 Å². The molecule has 1 atom stereocenters. The van der Waals surface area contributed by atoms with Crippen molar-refractivity contribution >= 4 is 0 Å². The van der Waals surface area contributed by atoms with Crippen LogP contribution in [0.3, 0.4) is 0 Å². The zero-order valence-corrected chi connectivity index (χ0v) is 15.7. The largest absolute Gasteiger partial charge is 0.486 e. The van der Waals surface area contributed by atoms with E-state index in [1.165, 1.54) is 5.56 Å². The molecule has 1 unspecified atom stereocenters. The van der Waals surface area contributed by atoms with Gasteiger partial charge in [0.1, 0.15) is 19.0 Å². The lowest BCUT2D eigenvalue weighted by Crippen LogP contribution is -2.23. The summed E-state index contributed by atoms with van der Waals surface area (Å²) < 4.78 is 13.4. The highest BCUT2D eigenvalue weighted by Crippen LogP contribution is 2.33. The van der Waals surface area contributed by atoms with E-state index in [1.54, 1.807) is 0 Å². The van der Waals surface area contributed by atoms with Crippen molar-refractivity contribution in [3.63, 3.8) is 0 Å². The van der Waals surface area contributed by atoms with E-state index in [9.17, 15) is 0 Å². The van der Waals surface area contributed by atoms with Crippen LogP contribution in [0.1, 0.15) is 30.8 Å². The normalized spacial score (nSPS) is 14.1. The minimum atomic E-state index is 0.206. The van der Waals surface area contributed by atoms with Crippen molar-refractivity contribution < 1.29 is 9.47 Å². The molecular weight excluding hydrogens is 340 g/mol. The van der Waals surface area contributed by atoms with Gasteiger partial charge in [-0.05, 0) is 24.1 Å². The van der Waals surface area contributed by atoms with E-state index in [0.29, 0.717) is 19.8 Å². The summed E-state index contributed by atoms with van der Waals surface area (Å²) in [6.07, 6.45) is 0.961. The molecule has 2 heterocycles. The average Bonchev–Trinajstić information content (AvgIpc) is 3.09. The lowest BCUT2D eigenvalue weighted by Gasteiger charge is -2.22. The fourth-order valence-electron chi connectivity index (χ4n) is 3.34. The number of benzene rings is 2. The molecule has 1 N–H and O–H groups in total. The van der Waals surface area contributed by atoms with Gasteiger partial charge in [-0.15, -0.1) is 10.2 Å². The highest BCUT2D eigenvalue weighted by atomic mass is 16.6. The van der Waals surface area contributed by atoms with E-state index in [-0.39, 0.29) is 6.04 Å². The first-order valence-electron chi connectivity index (χ1n) is 9.33. The number of aromatic nitrogens is 3. The Morgan fingerprint density at radius 1 is 1.04 bits per heavy atom. The fourth-order valence-corrected chi connectivity index (χ4v) is 3.34. The summed E-state index contributed by atoms with van der Waals surface area (Å²) >= 11 is 0. The van der Waals surface area contributed by atoms with E-state index in [4.69, 9.17) is 9.47 Å². The smallest absolute Gasteiger partial charge is 0.163 e. The summed E-state index contributed by atoms with van der Waals surface area (Å²) in [4.78, 5) is 0. The van der Waals surface area contributed by atoms with Gasteiger partial charge in [-0.3, -0.25) is 0 Å². The second-order valence-corrected chi connectivity index (χ2v) is 6.61. The van der Waals surface area contributed by atoms with Gasteiger partial charge in [0, 0.05) is 18.7 Å². The van der Waals surface area contributed by atoms with Gasteiger partial charge < -0.3 is 19.4 Å². The molecule has 0 aliphatic carbocycles. The molecular formula is C21H24N4O2. The zero-order valence-electron chi connectivity index (χ0n) is 15.7. The molecule has 6 heteroatoms. The summed E-state index contributed by atoms with van der Waals surface area (Å²) in [5.41, 5.74) is 2.25. The van der Waals surface area contributed by atoms with E-state index < -0.39 is 0 Å². The van der Waals surface area contributed by atoms with Gasteiger partial charge in [-0.2, -0.15) is 0 Å². The van der Waals surface area contributed by atoms with Gasteiger partial charge in [0.2, 0.25) is 0 Å². The van der Waals surface area contributed by atoms with Crippen LogP contribution in [0, 0.1) is 0 Å². The summed E-state index contributed by atoms with van der Waals surface area (Å²) in [6, 6.07) is 16.5. The molecule has 27 heavy (non-hydrogen) atoms. The zero-order chi connectivity index (χ0) is 18.6. The van der Waals surface area contributed by atoms with Crippen LogP contribution >= 0.6 is 0 Å². The molecule has 0 saturated heterocycles. The van der Waals surface area contributed by atoms with Crippen LogP contribution < -0.4 is 14.8 Å². The van der Waals surface area contributed by atoms with Crippen LogP contribution in [0.4, 0.5) is 0 Å². The molecule has 0 bridgehead atoms. The Kier molecular flexibility index (Phi) is 5.07. The van der Waals surface area contributed by atoms with Gasteiger partial charge in [0.15, 0.2) is 17.3 Å². The highest BCUT2D eigenvalue weighted by Gasteiger charge is 2.17. The highest BCUT2D eigenvalue weighted by molar-refractivity contribution is 5.54. The molecule has 2 aromatic carbocycles. The van der Waals surface area contributed by atoms with Crippen LogP contribution in [-0.4, -0.2) is 28.0 Å². The molecule has 6 nitrogen and oxygen atoms in total. The maximum atomic E-state index is 5.71. The van der Waals surface area contributed by atoms with Crippen LogP contribution in [0.5, 0.6) is 11.5 Å². The SMILES string of the molecule is CCC(NCc1nnc(-c2ccccc2)n1C)c1ccc2c(c1)OCCO2. The molecule has 4 rings (SSSR count). The fraction of sp³-hybridized carbons (Fsp3) is 0.333. The number of nitrogens with one attached hydrogen (secondary N) is 1. The molecule has 0 spiro atoms. The third-order valence-corrected chi connectivity index (χ3v) is 4.88. The molecule has 140 valence electrons. The Bertz CT molecular complexity index is 908. The standard InChI is InChI=1S/C21H24N4O2/c1-3-17(16-9-10-18-19(13-16)27-12-11-26-18)22-14-20-23-24-21(25(20)2)15-7-5-4-6-8-15/h4-10,13,17,22H,3,11-12,14H2,1-2H3. The summed E-state index contributed by atoms with van der Waals surface area (Å²) in [7, 11) is 2.00. The number of hydrogen-bond donors (Lipinski definition) is 1. The van der Waals surface area contributed by atoms with E-state index in [2.05, 4.69) is 34.6 Å². The third-order valence-electron chi connectivity index (χ3n) is 4.88. The molecule has 0 radical (unpaired) electrons. The molecule has 1 aliphatic heterocycles. The van der Waals surface area contributed by atoms with Gasteiger partial charge in [-0.25, -0.2) is 0 Å². The second-order valence-electron chi connectivity index (χ2n) is 6.61. The average molecular weight is 364 g/mol. The van der Waals surface area contributed by atoms with Crippen molar-refractivity contribution in [2.45, 2.75) is 25.9 Å². The van der Waals surface area contributed by atoms with Crippen LogP contribution in [0.15, 0.2) is 48.5 Å². The number of nitrogens with zero attached hydrogens (tertiary/aromatic N) is 3. The van der Waals surface area contributed by atoms with E-state index >= 15 is 0 Å². The predicted octanol–water partition coefficient (Wildman–Crippen LogP) is 3.49. The summed E-state index contributed by atoms with van der Waals surface area (Å²) in [6.45, 7) is 4.02. The minimum absolute atomic E-state index is 0.206. The Labute approximate surface area is 159 Å². The van der Waals surface area contributed by atoms with E-state index in [1.807, 2.05) is 48.0 Å². The summed E-state index contributed by atoms with van der Waals surface area (Å²) in [5.74, 6) is 3.43. The second kappa shape index (κ2) is 7.80. The number of ether oxygens (including phenoxy) is 2. The van der Waals surface area contributed by atoms with Crippen LogP contribution in [-0.2, 0) is 13.6 Å². The van der Waals surface area contributed by atoms with Gasteiger partial charge in [-0.1, -0.05) is 43.3 Å². The van der Waals surface area contributed by atoms with Crippen molar-refractivity contribution in [1.82, 2.24) is 20.1 Å². The van der Waals surface area contributed by atoms with Gasteiger partial charge >= 0.3 is 0 Å².